The van der Waals surface area contributed by atoms with E-state index in [0.29, 0.717) is 10.5 Å². The van der Waals surface area contributed by atoms with Crippen molar-refractivity contribution in [1.82, 2.24) is 5.06 Å². The van der Waals surface area contributed by atoms with Gasteiger partial charge < -0.3 is 15.6 Å². The summed E-state index contributed by atoms with van der Waals surface area (Å²) in [7, 11) is 0. The van der Waals surface area contributed by atoms with Crippen molar-refractivity contribution >= 4 is 22.8 Å². The molecule has 19 heavy (non-hydrogen) atoms. The fourth-order valence-electron chi connectivity index (χ4n) is 2.41. The van der Waals surface area contributed by atoms with Gasteiger partial charge in [-0.3, -0.25) is 0 Å². The van der Waals surface area contributed by atoms with Crippen LogP contribution in [0.25, 0.3) is 0 Å². The van der Waals surface area contributed by atoms with Crippen LogP contribution in [0.5, 0.6) is 0 Å². The third-order valence-electron chi connectivity index (χ3n) is 3.71. The first-order chi connectivity index (χ1) is 8.77. The molecule has 0 aliphatic carbocycles. The van der Waals surface area contributed by atoms with Crippen molar-refractivity contribution in [2.75, 3.05) is 0 Å². The number of thiophene rings is 1. The van der Waals surface area contributed by atoms with Gasteiger partial charge in [-0.15, -0.1) is 16.4 Å². The van der Waals surface area contributed by atoms with E-state index in [1.165, 1.54) is 25.2 Å². The average Bonchev–Trinajstić information content (AvgIpc) is 2.92. The Kier molecular flexibility index (Phi) is 3.16. The molecule has 2 heterocycles. The van der Waals surface area contributed by atoms with Crippen molar-refractivity contribution in [2.24, 2.45) is 5.16 Å². The summed E-state index contributed by atoms with van der Waals surface area (Å²) in [6, 6.07) is 3.68. The molecule has 0 saturated carbocycles. The Morgan fingerprint density at radius 2 is 2.11 bits per heavy atom. The molecule has 0 aromatic carbocycles. The van der Waals surface area contributed by atoms with Gasteiger partial charge in [0, 0.05) is 6.92 Å². The van der Waals surface area contributed by atoms with Crippen molar-refractivity contribution in [1.29, 1.82) is 0 Å². The van der Waals surface area contributed by atoms with Crippen LogP contribution in [0.4, 0.5) is 0 Å². The number of hydrogen-bond acceptors (Lipinski definition) is 6. The third kappa shape index (κ3) is 1.69. The SMILES string of the molecule is CC(=NO)C1(C)N(O)C(C)(C)C(c2cccs2)=[N+]1[O-]. The predicted molar refractivity (Wildman–Crippen MR) is 73.1 cm³/mol. The summed E-state index contributed by atoms with van der Waals surface area (Å²) in [6.45, 7) is 6.53. The second-order valence-electron chi connectivity index (χ2n) is 5.20. The van der Waals surface area contributed by atoms with Gasteiger partial charge in [0.05, 0.1) is 4.88 Å². The van der Waals surface area contributed by atoms with Crippen molar-refractivity contribution < 1.29 is 15.2 Å². The first kappa shape index (κ1) is 14.0. The van der Waals surface area contributed by atoms with Crippen molar-refractivity contribution in [3.63, 3.8) is 0 Å². The zero-order chi connectivity index (χ0) is 14.4. The van der Waals surface area contributed by atoms with E-state index in [-0.39, 0.29) is 5.71 Å². The minimum atomic E-state index is -1.42. The summed E-state index contributed by atoms with van der Waals surface area (Å²) in [5.41, 5.74) is -1.72. The monoisotopic (exact) mass is 283 g/mol. The Bertz CT molecular complexity index is 551. The smallest absolute Gasteiger partial charge is 0.290 e. The van der Waals surface area contributed by atoms with Crippen LogP contribution in [-0.2, 0) is 0 Å². The molecule has 1 aromatic rings. The molecular formula is C12H17N3O3S. The van der Waals surface area contributed by atoms with Crippen LogP contribution in [0.3, 0.4) is 0 Å². The second-order valence-corrected chi connectivity index (χ2v) is 6.15. The van der Waals surface area contributed by atoms with Crippen LogP contribution in [-0.4, -0.2) is 42.8 Å². The lowest BCUT2D eigenvalue weighted by atomic mass is 9.97. The molecule has 1 aliphatic heterocycles. The van der Waals surface area contributed by atoms with Gasteiger partial charge in [-0.05, 0) is 32.2 Å². The molecule has 0 radical (unpaired) electrons. The van der Waals surface area contributed by atoms with Crippen molar-refractivity contribution in [2.45, 2.75) is 38.9 Å². The van der Waals surface area contributed by atoms with E-state index < -0.39 is 11.2 Å². The van der Waals surface area contributed by atoms with E-state index in [1.54, 1.807) is 13.8 Å². The molecule has 6 nitrogen and oxygen atoms in total. The molecule has 7 heteroatoms. The standard InChI is InChI=1S/C12H17N3O3S/c1-8(13-16)12(4)14(17)10(9-6-5-7-19-9)11(2,3)15(12)18/h5-7,16,18H,1-4H3. The van der Waals surface area contributed by atoms with Crippen LogP contribution < -0.4 is 0 Å². The lowest BCUT2D eigenvalue weighted by molar-refractivity contribution is -0.560. The topological polar surface area (TPSA) is 82.1 Å². The van der Waals surface area contributed by atoms with E-state index in [0.717, 1.165) is 9.94 Å². The van der Waals surface area contributed by atoms with E-state index in [1.807, 2.05) is 17.5 Å². The van der Waals surface area contributed by atoms with Gasteiger partial charge in [-0.25, -0.2) is 0 Å². The lowest BCUT2D eigenvalue weighted by Gasteiger charge is -2.31. The minimum Gasteiger partial charge on any atom is -0.622 e. The minimum absolute atomic E-state index is 0.129. The van der Waals surface area contributed by atoms with Crippen molar-refractivity contribution in [3.05, 3.63) is 27.6 Å². The van der Waals surface area contributed by atoms with Gasteiger partial charge in [-0.1, -0.05) is 11.2 Å². The van der Waals surface area contributed by atoms with Gasteiger partial charge in [0.15, 0.2) is 0 Å². The lowest BCUT2D eigenvalue weighted by Crippen LogP contribution is -2.57. The maximum atomic E-state index is 12.6. The summed E-state index contributed by atoms with van der Waals surface area (Å²) in [6.07, 6.45) is 0. The van der Waals surface area contributed by atoms with E-state index in [4.69, 9.17) is 5.21 Å². The molecular weight excluding hydrogens is 266 g/mol. The molecule has 2 rings (SSSR count). The number of oxime groups is 1. The van der Waals surface area contributed by atoms with Crippen LogP contribution in [0, 0.1) is 5.21 Å². The van der Waals surface area contributed by atoms with E-state index >= 15 is 0 Å². The number of hydrogen-bond donors (Lipinski definition) is 2. The normalized spacial score (nSPS) is 28.2. The zero-order valence-corrected chi connectivity index (χ0v) is 12.1. The number of rotatable bonds is 2. The maximum absolute atomic E-state index is 12.6. The van der Waals surface area contributed by atoms with Crippen LogP contribution in [0.2, 0.25) is 0 Å². The second kappa shape index (κ2) is 4.29. The first-order valence-electron chi connectivity index (χ1n) is 5.85. The Morgan fingerprint density at radius 3 is 2.58 bits per heavy atom. The Balaban J connectivity index is 2.70. The van der Waals surface area contributed by atoms with Crippen LogP contribution in [0.1, 0.15) is 32.6 Å². The van der Waals surface area contributed by atoms with Crippen molar-refractivity contribution in [3.8, 4) is 0 Å². The molecule has 1 aliphatic rings. The molecule has 0 spiro atoms. The highest BCUT2D eigenvalue weighted by Crippen LogP contribution is 2.37. The summed E-state index contributed by atoms with van der Waals surface area (Å²) in [4.78, 5) is 0.786. The Morgan fingerprint density at radius 1 is 1.47 bits per heavy atom. The summed E-state index contributed by atoms with van der Waals surface area (Å²) in [5, 5.41) is 37.9. The highest BCUT2D eigenvalue weighted by Gasteiger charge is 2.61. The van der Waals surface area contributed by atoms with E-state index in [9.17, 15) is 10.4 Å². The first-order valence-corrected chi connectivity index (χ1v) is 6.73. The van der Waals surface area contributed by atoms with Crippen LogP contribution >= 0.6 is 11.3 Å². The zero-order valence-electron chi connectivity index (χ0n) is 11.3. The molecule has 0 bridgehead atoms. The summed E-state index contributed by atoms with van der Waals surface area (Å²) < 4.78 is 0.716. The average molecular weight is 283 g/mol. The van der Waals surface area contributed by atoms with Gasteiger partial charge in [0.1, 0.15) is 11.3 Å². The third-order valence-corrected chi connectivity index (χ3v) is 4.59. The maximum Gasteiger partial charge on any atom is 0.290 e. The number of nitrogens with zero attached hydrogens (tertiary/aromatic N) is 3. The molecule has 1 atom stereocenters. The fourth-order valence-corrected chi connectivity index (χ4v) is 3.31. The van der Waals surface area contributed by atoms with Crippen LogP contribution in [0.15, 0.2) is 22.7 Å². The number of hydroxylamine groups is 3. The molecule has 0 amide bonds. The molecule has 2 N–H and O–H groups in total. The molecule has 0 saturated heterocycles. The Hall–Kier alpha value is -1.44. The molecule has 0 fully saturated rings. The largest absolute Gasteiger partial charge is 0.622 e. The highest BCUT2D eigenvalue weighted by molar-refractivity contribution is 7.12. The highest BCUT2D eigenvalue weighted by atomic mass is 32.1. The summed E-state index contributed by atoms with van der Waals surface area (Å²) in [5.74, 6) is 0. The Labute approximate surface area is 115 Å². The van der Waals surface area contributed by atoms with E-state index in [2.05, 4.69) is 5.16 Å². The quantitative estimate of drug-likeness (QED) is 0.286. The van der Waals surface area contributed by atoms with Gasteiger partial charge >= 0.3 is 0 Å². The fraction of sp³-hybridized carbons (Fsp3) is 0.500. The van der Waals surface area contributed by atoms with Gasteiger partial charge in [0.2, 0.25) is 5.71 Å². The molecule has 1 aromatic heterocycles. The molecule has 1 unspecified atom stereocenters. The van der Waals surface area contributed by atoms with Gasteiger partial charge in [-0.2, -0.15) is 4.74 Å². The molecule has 104 valence electrons. The van der Waals surface area contributed by atoms with Gasteiger partial charge in [0.25, 0.3) is 5.66 Å². The predicted octanol–water partition coefficient (Wildman–Crippen LogP) is 2.10. The summed E-state index contributed by atoms with van der Waals surface area (Å²) >= 11 is 1.43.